The van der Waals surface area contributed by atoms with Crippen LogP contribution in [0.1, 0.15) is 16.4 Å². The molecule has 0 aliphatic heterocycles. The number of aryl methyl sites for hydroxylation is 1. The molecular weight excluding hydrogens is 192 g/mol. The number of benzene rings is 1. The zero-order valence-electron chi connectivity index (χ0n) is 7.69. The molecule has 0 fully saturated rings. The van der Waals surface area contributed by atoms with Gasteiger partial charge in [-0.05, 0) is 36.5 Å². The zero-order chi connectivity index (χ0) is 9.80. The molecule has 2 aromatic rings. The van der Waals surface area contributed by atoms with Crippen LogP contribution < -0.4 is 0 Å². The Balaban J connectivity index is 2.23. The Morgan fingerprint density at radius 2 is 1.93 bits per heavy atom. The van der Waals surface area contributed by atoms with Crippen LogP contribution in [0.25, 0.3) is 0 Å². The SMILES string of the molecule is Cc1nsc(C#Cc2ccccc2)n1. The minimum absolute atomic E-state index is 0.770. The van der Waals surface area contributed by atoms with Crippen molar-refractivity contribution >= 4 is 11.5 Å². The molecule has 14 heavy (non-hydrogen) atoms. The second-order valence-electron chi connectivity index (χ2n) is 2.76. The van der Waals surface area contributed by atoms with Gasteiger partial charge in [0.2, 0.25) is 0 Å². The van der Waals surface area contributed by atoms with Gasteiger partial charge in [-0.2, -0.15) is 4.37 Å². The molecular formula is C11H8N2S. The Bertz CT molecular complexity index is 477. The molecule has 0 aliphatic rings. The van der Waals surface area contributed by atoms with Crippen molar-refractivity contribution in [3.8, 4) is 11.8 Å². The Hall–Kier alpha value is -1.66. The highest BCUT2D eigenvalue weighted by atomic mass is 32.1. The van der Waals surface area contributed by atoms with Crippen LogP contribution in [0.2, 0.25) is 0 Å². The second kappa shape index (κ2) is 4.03. The molecule has 3 heteroatoms. The molecule has 0 amide bonds. The summed E-state index contributed by atoms with van der Waals surface area (Å²) in [6.45, 7) is 1.87. The lowest BCUT2D eigenvalue weighted by Crippen LogP contribution is -1.75. The van der Waals surface area contributed by atoms with Crippen molar-refractivity contribution in [2.24, 2.45) is 0 Å². The summed E-state index contributed by atoms with van der Waals surface area (Å²) >= 11 is 1.33. The van der Waals surface area contributed by atoms with Crippen LogP contribution in [-0.2, 0) is 0 Å². The molecule has 1 heterocycles. The van der Waals surface area contributed by atoms with E-state index in [1.807, 2.05) is 37.3 Å². The number of aromatic nitrogens is 2. The van der Waals surface area contributed by atoms with E-state index in [4.69, 9.17) is 0 Å². The van der Waals surface area contributed by atoms with Crippen LogP contribution in [-0.4, -0.2) is 9.36 Å². The first kappa shape index (κ1) is 8.92. The fourth-order valence-electron chi connectivity index (χ4n) is 0.995. The molecule has 1 aromatic heterocycles. The summed E-state index contributed by atoms with van der Waals surface area (Å²) < 4.78 is 4.06. The van der Waals surface area contributed by atoms with Gasteiger partial charge in [0.05, 0.1) is 0 Å². The van der Waals surface area contributed by atoms with E-state index < -0.39 is 0 Å². The van der Waals surface area contributed by atoms with Crippen molar-refractivity contribution in [3.63, 3.8) is 0 Å². The summed E-state index contributed by atoms with van der Waals surface area (Å²) in [7, 11) is 0. The summed E-state index contributed by atoms with van der Waals surface area (Å²) in [6, 6.07) is 9.85. The maximum absolute atomic E-state index is 4.16. The molecule has 0 unspecified atom stereocenters. The summed E-state index contributed by atoms with van der Waals surface area (Å²) in [5.74, 6) is 6.79. The van der Waals surface area contributed by atoms with Crippen LogP contribution in [0.5, 0.6) is 0 Å². The van der Waals surface area contributed by atoms with E-state index in [0.717, 1.165) is 16.4 Å². The molecule has 0 aliphatic carbocycles. The van der Waals surface area contributed by atoms with Gasteiger partial charge in [-0.1, -0.05) is 24.1 Å². The van der Waals surface area contributed by atoms with E-state index in [2.05, 4.69) is 21.2 Å². The predicted octanol–water partition coefficient (Wildman–Crippen LogP) is 2.25. The van der Waals surface area contributed by atoms with Gasteiger partial charge in [0.25, 0.3) is 0 Å². The van der Waals surface area contributed by atoms with Crippen LogP contribution in [0.3, 0.4) is 0 Å². The average Bonchev–Trinajstić information content (AvgIpc) is 2.63. The molecule has 0 radical (unpaired) electrons. The van der Waals surface area contributed by atoms with Crippen molar-refractivity contribution in [2.45, 2.75) is 6.92 Å². The number of hydrogen-bond acceptors (Lipinski definition) is 3. The van der Waals surface area contributed by atoms with E-state index in [-0.39, 0.29) is 0 Å². The molecule has 0 N–H and O–H groups in total. The Morgan fingerprint density at radius 3 is 2.57 bits per heavy atom. The fraction of sp³-hybridized carbons (Fsp3) is 0.0909. The zero-order valence-corrected chi connectivity index (χ0v) is 8.51. The van der Waals surface area contributed by atoms with Crippen LogP contribution in [0.4, 0.5) is 0 Å². The van der Waals surface area contributed by atoms with Crippen molar-refractivity contribution < 1.29 is 0 Å². The molecule has 0 saturated heterocycles. The van der Waals surface area contributed by atoms with Crippen molar-refractivity contribution in [2.75, 3.05) is 0 Å². The van der Waals surface area contributed by atoms with Gasteiger partial charge >= 0.3 is 0 Å². The maximum atomic E-state index is 4.16. The Labute approximate surface area is 86.8 Å². The lowest BCUT2D eigenvalue weighted by Gasteiger charge is -1.84. The van der Waals surface area contributed by atoms with E-state index in [1.165, 1.54) is 11.5 Å². The van der Waals surface area contributed by atoms with Crippen LogP contribution in [0, 0.1) is 18.8 Å². The minimum Gasteiger partial charge on any atom is -0.211 e. The molecule has 2 rings (SSSR count). The summed E-state index contributed by atoms with van der Waals surface area (Å²) in [6.07, 6.45) is 0. The quantitative estimate of drug-likeness (QED) is 0.609. The minimum atomic E-state index is 0.770. The van der Waals surface area contributed by atoms with Gasteiger partial charge in [0, 0.05) is 5.56 Å². The first-order chi connectivity index (χ1) is 6.84. The second-order valence-corrected chi connectivity index (χ2v) is 3.51. The Morgan fingerprint density at radius 1 is 1.14 bits per heavy atom. The van der Waals surface area contributed by atoms with Crippen molar-refractivity contribution in [1.29, 1.82) is 0 Å². The van der Waals surface area contributed by atoms with Crippen LogP contribution >= 0.6 is 11.5 Å². The lowest BCUT2D eigenvalue weighted by molar-refractivity contribution is 1.16. The highest BCUT2D eigenvalue weighted by molar-refractivity contribution is 7.06. The topological polar surface area (TPSA) is 25.8 Å². The standard InChI is InChI=1S/C11H8N2S/c1-9-12-11(14-13-9)8-7-10-5-3-2-4-6-10/h2-6H,1H3. The molecule has 0 saturated carbocycles. The maximum Gasteiger partial charge on any atom is 0.187 e. The molecule has 2 nitrogen and oxygen atoms in total. The summed E-state index contributed by atoms with van der Waals surface area (Å²) in [4.78, 5) is 4.16. The van der Waals surface area contributed by atoms with Crippen molar-refractivity contribution in [1.82, 2.24) is 9.36 Å². The van der Waals surface area contributed by atoms with Gasteiger partial charge in [-0.3, -0.25) is 0 Å². The van der Waals surface area contributed by atoms with E-state index in [0.29, 0.717) is 0 Å². The highest BCUT2D eigenvalue weighted by Crippen LogP contribution is 2.02. The monoisotopic (exact) mass is 200 g/mol. The number of hydrogen-bond donors (Lipinski definition) is 0. The average molecular weight is 200 g/mol. The lowest BCUT2D eigenvalue weighted by atomic mass is 10.2. The third-order valence-electron chi connectivity index (χ3n) is 1.62. The van der Waals surface area contributed by atoms with Crippen molar-refractivity contribution in [3.05, 3.63) is 46.7 Å². The van der Waals surface area contributed by atoms with E-state index in [9.17, 15) is 0 Å². The number of nitrogens with zero attached hydrogens (tertiary/aromatic N) is 2. The van der Waals surface area contributed by atoms with Gasteiger partial charge in [-0.15, -0.1) is 0 Å². The predicted molar refractivity (Wildman–Crippen MR) is 57.1 cm³/mol. The summed E-state index contributed by atoms with van der Waals surface area (Å²) in [5.41, 5.74) is 1.00. The smallest absolute Gasteiger partial charge is 0.187 e. The molecule has 1 aromatic carbocycles. The molecule has 0 bridgehead atoms. The summed E-state index contributed by atoms with van der Waals surface area (Å²) in [5, 5.41) is 0.770. The third-order valence-corrected chi connectivity index (χ3v) is 2.34. The number of rotatable bonds is 0. The highest BCUT2D eigenvalue weighted by Gasteiger charge is 1.93. The molecule has 0 spiro atoms. The Kier molecular flexibility index (Phi) is 2.57. The fourth-order valence-corrected chi connectivity index (χ4v) is 1.52. The van der Waals surface area contributed by atoms with Gasteiger partial charge in [-0.25, -0.2) is 4.98 Å². The van der Waals surface area contributed by atoms with E-state index >= 15 is 0 Å². The normalized spacial score (nSPS) is 9.21. The third kappa shape index (κ3) is 2.18. The van der Waals surface area contributed by atoms with Gasteiger partial charge in [0.1, 0.15) is 5.82 Å². The largest absolute Gasteiger partial charge is 0.211 e. The first-order valence-electron chi connectivity index (χ1n) is 4.22. The van der Waals surface area contributed by atoms with E-state index in [1.54, 1.807) is 0 Å². The molecule has 68 valence electrons. The van der Waals surface area contributed by atoms with Crippen LogP contribution in [0.15, 0.2) is 30.3 Å². The van der Waals surface area contributed by atoms with Gasteiger partial charge in [0.15, 0.2) is 5.01 Å². The first-order valence-corrected chi connectivity index (χ1v) is 4.99. The van der Waals surface area contributed by atoms with Gasteiger partial charge < -0.3 is 0 Å². The molecule has 0 atom stereocenters.